The molecule has 106 valence electrons. The molecule has 0 aliphatic heterocycles. The number of carbonyl (C=O) groups is 2. The molecule has 4 nitrogen and oxygen atoms in total. The Morgan fingerprint density at radius 3 is 2.57 bits per heavy atom. The van der Waals surface area contributed by atoms with Crippen LogP contribution in [0.2, 0.25) is 0 Å². The van der Waals surface area contributed by atoms with E-state index in [1.807, 2.05) is 24.3 Å². The Hall–Kier alpha value is -2.40. The number of carboxylic acids is 1. The van der Waals surface area contributed by atoms with Gasteiger partial charge >= 0.3 is 5.97 Å². The third-order valence-electron chi connectivity index (χ3n) is 2.65. The quantitative estimate of drug-likeness (QED) is 0.828. The Kier molecular flexibility index (Phi) is 4.90. The lowest BCUT2D eigenvalue weighted by atomic mass is 10.2. The summed E-state index contributed by atoms with van der Waals surface area (Å²) in [5.41, 5.74) is 1.46. The molecule has 0 atom stereocenters. The van der Waals surface area contributed by atoms with Gasteiger partial charge in [-0.25, -0.2) is 4.79 Å². The predicted molar refractivity (Wildman–Crippen MR) is 85.2 cm³/mol. The Morgan fingerprint density at radius 2 is 1.86 bits per heavy atom. The number of aromatic carboxylic acids is 1. The van der Waals surface area contributed by atoms with E-state index in [4.69, 9.17) is 5.11 Å². The van der Waals surface area contributed by atoms with Crippen molar-refractivity contribution in [1.29, 1.82) is 0 Å². The van der Waals surface area contributed by atoms with E-state index in [-0.39, 0.29) is 11.5 Å². The lowest BCUT2D eigenvalue weighted by molar-refractivity contribution is -0.111. The van der Waals surface area contributed by atoms with Crippen LogP contribution in [0.25, 0.3) is 6.08 Å². The maximum Gasteiger partial charge on any atom is 0.335 e. The van der Waals surface area contributed by atoms with Gasteiger partial charge < -0.3 is 10.4 Å². The zero-order valence-corrected chi connectivity index (χ0v) is 12.5. The first kappa shape index (κ1) is 15.0. The molecule has 0 saturated carbocycles. The van der Waals surface area contributed by atoms with Crippen molar-refractivity contribution in [2.75, 3.05) is 5.32 Å². The van der Waals surface area contributed by atoms with Gasteiger partial charge in [0, 0.05) is 16.2 Å². The van der Waals surface area contributed by atoms with E-state index in [0.717, 1.165) is 10.0 Å². The van der Waals surface area contributed by atoms with Crippen LogP contribution in [0.5, 0.6) is 0 Å². The van der Waals surface area contributed by atoms with Gasteiger partial charge in [0.15, 0.2) is 0 Å². The van der Waals surface area contributed by atoms with Gasteiger partial charge in [-0.05, 0) is 42.0 Å². The van der Waals surface area contributed by atoms with E-state index in [0.29, 0.717) is 5.69 Å². The van der Waals surface area contributed by atoms with Crippen LogP contribution in [0.4, 0.5) is 5.69 Å². The second kappa shape index (κ2) is 6.85. The molecule has 0 aliphatic rings. The highest BCUT2D eigenvalue weighted by molar-refractivity contribution is 9.10. The molecule has 1 amide bonds. The van der Waals surface area contributed by atoms with Gasteiger partial charge in [0.05, 0.1) is 5.56 Å². The first-order valence-electron chi connectivity index (χ1n) is 6.12. The van der Waals surface area contributed by atoms with Crippen LogP contribution in [0.1, 0.15) is 15.9 Å². The molecule has 0 heterocycles. The van der Waals surface area contributed by atoms with Gasteiger partial charge in [-0.15, -0.1) is 0 Å². The largest absolute Gasteiger partial charge is 0.478 e. The van der Waals surface area contributed by atoms with E-state index in [9.17, 15) is 9.59 Å². The average Bonchev–Trinajstić information content (AvgIpc) is 2.45. The van der Waals surface area contributed by atoms with E-state index < -0.39 is 5.97 Å². The SMILES string of the molecule is O=C(C=Cc1cccc(Br)c1)Nc1cccc(C(=O)O)c1. The van der Waals surface area contributed by atoms with Gasteiger partial charge in [0.25, 0.3) is 0 Å². The molecule has 2 N–H and O–H groups in total. The summed E-state index contributed by atoms with van der Waals surface area (Å²) in [5, 5.41) is 11.5. The van der Waals surface area contributed by atoms with Gasteiger partial charge in [-0.1, -0.05) is 34.1 Å². The Morgan fingerprint density at radius 1 is 1.10 bits per heavy atom. The zero-order valence-electron chi connectivity index (χ0n) is 10.9. The first-order chi connectivity index (χ1) is 10.0. The third kappa shape index (κ3) is 4.57. The number of benzene rings is 2. The molecule has 0 saturated heterocycles. The molecule has 0 unspecified atom stereocenters. The van der Waals surface area contributed by atoms with Crippen LogP contribution in [0.3, 0.4) is 0 Å². The minimum absolute atomic E-state index is 0.128. The number of nitrogens with one attached hydrogen (secondary N) is 1. The van der Waals surface area contributed by atoms with Crippen LogP contribution in [-0.2, 0) is 4.79 Å². The standard InChI is InChI=1S/C16H12BrNO3/c17-13-5-1-3-11(9-13)7-8-15(19)18-14-6-2-4-12(10-14)16(20)21/h1-10H,(H,18,19)(H,20,21). The number of carbonyl (C=O) groups excluding carboxylic acids is 1. The summed E-state index contributed by atoms with van der Waals surface area (Å²) >= 11 is 3.35. The molecule has 0 spiro atoms. The molecule has 0 aromatic heterocycles. The minimum Gasteiger partial charge on any atom is -0.478 e. The summed E-state index contributed by atoms with van der Waals surface area (Å²) < 4.78 is 0.930. The Labute approximate surface area is 130 Å². The summed E-state index contributed by atoms with van der Waals surface area (Å²) in [6.07, 6.45) is 3.08. The third-order valence-corrected chi connectivity index (χ3v) is 3.15. The molecule has 2 aromatic carbocycles. The number of hydrogen-bond donors (Lipinski definition) is 2. The van der Waals surface area contributed by atoms with Gasteiger partial charge in [0.2, 0.25) is 5.91 Å². The second-order valence-corrected chi connectivity index (χ2v) is 5.18. The summed E-state index contributed by atoms with van der Waals surface area (Å²) in [6.45, 7) is 0. The van der Waals surface area contributed by atoms with Crippen molar-refractivity contribution in [3.8, 4) is 0 Å². The minimum atomic E-state index is -1.03. The molecular formula is C16H12BrNO3. The highest BCUT2D eigenvalue weighted by Crippen LogP contribution is 2.13. The highest BCUT2D eigenvalue weighted by atomic mass is 79.9. The van der Waals surface area contributed by atoms with Crippen LogP contribution >= 0.6 is 15.9 Å². The molecule has 21 heavy (non-hydrogen) atoms. The van der Waals surface area contributed by atoms with Crippen LogP contribution in [0.15, 0.2) is 59.1 Å². The van der Waals surface area contributed by atoms with Crippen LogP contribution in [-0.4, -0.2) is 17.0 Å². The smallest absolute Gasteiger partial charge is 0.335 e. The van der Waals surface area contributed by atoms with E-state index >= 15 is 0 Å². The van der Waals surface area contributed by atoms with E-state index in [1.165, 1.54) is 18.2 Å². The molecular weight excluding hydrogens is 334 g/mol. The molecule has 5 heteroatoms. The zero-order chi connectivity index (χ0) is 15.2. The number of rotatable bonds is 4. The second-order valence-electron chi connectivity index (χ2n) is 4.26. The van der Waals surface area contributed by atoms with Crippen molar-refractivity contribution < 1.29 is 14.7 Å². The number of hydrogen-bond acceptors (Lipinski definition) is 2. The highest BCUT2D eigenvalue weighted by Gasteiger charge is 2.04. The van der Waals surface area contributed by atoms with Crippen LogP contribution in [0, 0.1) is 0 Å². The van der Waals surface area contributed by atoms with Crippen molar-refractivity contribution in [1.82, 2.24) is 0 Å². The maximum absolute atomic E-state index is 11.8. The molecule has 0 bridgehead atoms. The summed E-state index contributed by atoms with van der Waals surface area (Å²) in [4.78, 5) is 22.6. The fourth-order valence-corrected chi connectivity index (χ4v) is 2.11. The number of carboxylic acid groups (broad SMARTS) is 1. The lowest BCUT2D eigenvalue weighted by Gasteiger charge is -2.03. The summed E-state index contributed by atoms with van der Waals surface area (Å²) in [7, 11) is 0. The Bertz CT molecular complexity index is 710. The molecule has 2 aromatic rings. The van der Waals surface area contributed by atoms with E-state index in [1.54, 1.807) is 18.2 Å². The fraction of sp³-hybridized carbons (Fsp3) is 0. The monoisotopic (exact) mass is 345 g/mol. The van der Waals surface area contributed by atoms with Crippen LogP contribution < -0.4 is 5.32 Å². The van der Waals surface area contributed by atoms with Crippen molar-refractivity contribution in [3.63, 3.8) is 0 Å². The molecule has 0 radical (unpaired) electrons. The first-order valence-corrected chi connectivity index (χ1v) is 6.92. The predicted octanol–water partition coefficient (Wildman–Crippen LogP) is 3.80. The van der Waals surface area contributed by atoms with E-state index in [2.05, 4.69) is 21.2 Å². The van der Waals surface area contributed by atoms with Gasteiger partial charge in [0.1, 0.15) is 0 Å². The number of anilines is 1. The fourth-order valence-electron chi connectivity index (χ4n) is 1.70. The number of halogens is 1. The molecule has 0 aliphatic carbocycles. The summed E-state index contributed by atoms with van der Waals surface area (Å²) in [5.74, 6) is -1.35. The molecule has 2 rings (SSSR count). The van der Waals surface area contributed by atoms with Crippen molar-refractivity contribution >= 4 is 39.6 Å². The Balaban J connectivity index is 2.05. The summed E-state index contributed by atoms with van der Waals surface area (Å²) in [6, 6.07) is 13.6. The maximum atomic E-state index is 11.8. The normalized spacial score (nSPS) is 10.5. The molecule has 0 fully saturated rings. The van der Waals surface area contributed by atoms with Crippen molar-refractivity contribution in [2.45, 2.75) is 0 Å². The van der Waals surface area contributed by atoms with Gasteiger partial charge in [-0.2, -0.15) is 0 Å². The topological polar surface area (TPSA) is 66.4 Å². The van der Waals surface area contributed by atoms with Gasteiger partial charge in [-0.3, -0.25) is 4.79 Å². The van der Waals surface area contributed by atoms with Crippen molar-refractivity contribution in [2.24, 2.45) is 0 Å². The number of amides is 1. The average molecular weight is 346 g/mol. The van der Waals surface area contributed by atoms with Crippen molar-refractivity contribution in [3.05, 3.63) is 70.2 Å². The lowest BCUT2D eigenvalue weighted by Crippen LogP contribution is -2.08.